The largest absolute Gasteiger partial charge is 0.497 e. The van der Waals surface area contributed by atoms with E-state index in [1.165, 1.54) is 0 Å². The minimum Gasteiger partial charge on any atom is -0.497 e. The Morgan fingerprint density at radius 1 is 0.484 bits per heavy atom. The summed E-state index contributed by atoms with van der Waals surface area (Å²) in [5.74, 6) is 3.22. The molecule has 14 rings (SSSR count). The molecule has 0 saturated carbocycles. The van der Waals surface area contributed by atoms with E-state index in [2.05, 4.69) is 133 Å². The van der Waals surface area contributed by atoms with E-state index in [0.29, 0.717) is 47.6 Å². The van der Waals surface area contributed by atoms with E-state index >= 15 is 0 Å². The number of nitrogens with one attached hydrogen (secondary N) is 1. The normalized spacial score (nSPS) is 10.9. The zero-order chi connectivity index (χ0) is 66.1. The maximum Gasteiger partial charge on any atom is 0.190 e. The lowest BCUT2D eigenvalue weighted by Gasteiger charge is -2.27. The first-order valence-corrected chi connectivity index (χ1v) is 31.7. The number of fused-ring (bicyclic) bond motifs is 4. The highest BCUT2D eigenvalue weighted by Crippen LogP contribution is 2.44. The van der Waals surface area contributed by atoms with Gasteiger partial charge < -0.3 is 47.1 Å². The van der Waals surface area contributed by atoms with Crippen molar-refractivity contribution in [3.8, 4) is 50.9 Å². The van der Waals surface area contributed by atoms with Crippen molar-refractivity contribution in [3.63, 3.8) is 0 Å². The molecule has 0 fully saturated rings. The van der Waals surface area contributed by atoms with E-state index in [0.717, 1.165) is 133 Å². The summed E-state index contributed by atoms with van der Waals surface area (Å²) in [4.78, 5) is 32.8. The minimum atomic E-state index is 0.581. The quantitative estimate of drug-likeness (QED) is 0.0879. The number of benzene rings is 6. The zero-order valence-electron chi connectivity index (χ0n) is 52.8. The third kappa shape index (κ3) is 14.1. The van der Waals surface area contributed by atoms with Crippen molar-refractivity contribution in [1.29, 1.82) is 0 Å². The second-order valence-electron chi connectivity index (χ2n) is 22.5. The second kappa shape index (κ2) is 28.8. The molecule has 0 aliphatic rings. The van der Waals surface area contributed by atoms with E-state index in [9.17, 15) is 0 Å². The Kier molecular flexibility index (Phi) is 19.4. The third-order valence-electron chi connectivity index (χ3n) is 16.5. The number of aromatic amines is 1. The van der Waals surface area contributed by atoms with Gasteiger partial charge in [0.1, 0.15) is 23.0 Å². The SMILES string of the molecule is Brc1ccn2cncc2c1.[C-]#[N+]c1cc2c(-c3cncc(N(Cc4ccc(OC)cc4)Cc4ccc(OC)cc4)c3Cl)c[nH]c2cc1C.[C-]#[N+]c1cc2c(-c3cncc(N(Cc4ccc(OC)cc4)Cc4ccc(OC)cc4)c3Cl)cn(-c3ccn4cncc4c3)c2cc1C. The maximum absolute atomic E-state index is 7.82. The molecule has 0 saturated heterocycles. The van der Waals surface area contributed by atoms with Crippen molar-refractivity contribution in [2.45, 2.75) is 40.0 Å². The molecule has 1 N–H and O–H groups in total. The summed E-state index contributed by atoms with van der Waals surface area (Å²) < 4.78 is 28.6. The summed E-state index contributed by atoms with van der Waals surface area (Å²) in [6.07, 6.45) is 22.4. The van der Waals surface area contributed by atoms with Crippen LogP contribution in [-0.2, 0) is 26.2 Å². The van der Waals surface area contributed by atoms with E-state index < -0.39 is 0 Å². The molecule has 19 heteroatoms. The van der Waals surface area contributed by atoms with Gasteiger partial charge in [-0.2, -0.15) is 0 Å². The molecule has 8 aromatic heterocycles. The number of imidazole rings is 2. The number of ether oxygens (including phenoxy) is 4. The van der Waals surface area contributed by atoms with Crippen molar-refractivity contribution in [3.05, 3.63) is 291 Å². The number of methoxy groups -OCH3 is 4. The molecule has 0 bridgehead atoms. The summed E-state index contributed by atoms with van der Waals surface area (Å²) in [5, 5.41) is 3.05. The molecule has 8 heterocycles. The van der Waals surface area contributed by atoms with Crippen LogP contribution < -0.4 is 28.7 Å². The Morgan fingerprint density at radius 3 is 1.38 bits per heavy atom. The van der Waals surface area contributed by atoms with E-state index in [4.69, 9.17) is 60.3 Å². The van der Waals surface area contributed by atoms with Crippen LogP contribution in [0.5, 0.6) is 23.0 Å². The van der Waals surface area contributed by atoms with Crippen LogP contribution in [0.15, 0.2) is 225 Å². The van der Waals surface area contributed by atoms with Gasteiger partial charge in [0.25, 0.3) is 0 Å². The van der Waals surface area contributed by atoms with E-state index in [-0.39, 0.29) is 0 Å². The number of rotatable bonds is 17. The molecule has 0 aliphatic carbocycles. The number of aromatic nitrogens is 8. The molecule has 0 atom stereocenters. The molecule has 0 amide bonds. The van der Waals surface area contributed by atoms with Crippen molar-refractivity contribution in [1.82, 2.24) is 38.3 Å². The van der Waals surface area contributed by atoms with Gasteiger partial charge in [-0.25, -0.2) is 19.7 Å². The Balaban J connectivity index is 0.000000161. The van der Waals surface area contributed by atoms with Gasteiger partial charge >= 0.3 is 0 Å². The standard InChI is InChI=1S/C38H31ClN6O2.C31H27ClN4O2.C7H5BrN2/c1-25-15-36-32(17-35(25)40-2)34(23-45(36)28-13-14-43-24-42-18-29(43)16-28)33-19-41-20-37(38(33)39)44(21-26-5-9-30(46-3)10-6-26)22-27-7-11-31(47-4)12-8-27;1-20-13-29-25(14-28(20)33-2)26(16-35-29)27-15-34-17-30(31(27)32)36(18-21-5-9-23(37-3)10-6-21)19-22-7-11-24(38-4)12-8-22;8-6-1-2-10-5-9-4-7(10)3-6/h5-20,23-24H,21-22H2,1,3-4H3;5-17,35H,18-19H2,1,3-4H3;1-5H. The molecule has 95 heavy (non-hydrogen) atoms. The summed E-state index contributed by atoms with van der Waals surface area (Å²) in [6, 6.07) is 48.2. The number of pyridine rings is 4. The Bertz CT molecular complexity index is 5030. The van der Waals surface area contributed by atoms with Gasteiger partial charge in [0.15, 0.2) is 11.4 Å². The Hall–Kier alpha value is -11.1. The van der Waals surface area contributed by atoms with Crippen LogP contribution in [0.3, 0.4) is 0 Å². The Morgan fingerprint density at radius 2 is 0.916 bits per heavy atom. The highest BCUT2D eigenvalue weighted by atomic mass is 79.9. The van der Waals surface area contributed by atoms with Crippen molar-refractivity contribution in [2.75, 3.05) is 38.2 Å². The molecule has 16 nitrogen and oxygen atoms in total. The van der Waals surface area contributed by atoms with Crippen LogP contribution in [0.4, 0.5) is 22.7 Å². The van der Waals surface area contributed by atoms with Crippen molar-refractivity contribution in [2.24, 2.45) is 0 Å². The van der Waals surface area contributed by atoms with Gasteiger partial charge in [0.05, 0.1) is 117 Å². The van der Waals surface area contributed by atoms with Gasteiger partial charge in [0, 0.05) is 101 Å². The molecular formula is C76H63BrCl2N12O4. The average Bonchev–Trinajstić information content (AvgIpc) is 1.65. The first kappa shape index (κ1) is 64.0. The number of anilines is 2. The highest BCUT2D eigenvalue weighted by Gasteiger charge is 2.23. The van der Waals surface area contributed by atoms with Gasteiger partial charge in [-0.3, -0.25) is 9.97 Å². The number of nitrogens with zero attached hydrogens (tertiary/aromatic N) is 11. The van der Waals surface area contributed by atoms with Crippen LogP contribution in [-0.4, -0.2) is 66.7 Å². The monoisotopic (exact) mass is 1360 g/mol. The van der Waals surface area contributed by atoms with Crippen molar-refractivity contribution >= 4 is 94.7 Å². The van der Waals surface area contributed by atoms with Crippen LogP contribution in [0, 0.1) is 27.0 Å². The molecular weight excluding hydrogens is 1300 g/mol. The number of hydrogen-bond acceptors (Lipinski definition) is 10. The Labute approximate surface area is 568 Å². The molecule has 0 spiro atoms. The molecule has 0 aliphatic heterocycles. The lowest BCUT2D eigenvalue weighted by Crippen LogP contribution is -2.22. The first-order valence-electron chi connectivity index (χ1n) is 30.1. The molecule has 14 aromatic rings. The number of halogens is 3. The molecule has 6 aromatic carbocycles. The fourth-order valence-electron chi connectivity index (χ4n) is 11.4. The van der Waals surface area contributed by atoms with Gasteiger partial charge in [-0.15, -0.1) is 0 Å². The molecule has 472 valence electrons. The summed E-state index contributed by atoms with van der Waals surface area (Å²) in [7, 11) is 6.65. The van der Waals surface area contributed by atoms with E-state index in [1.54, 1.807) is 53.5 Å². The predicted octanol–water partition coefficient (Wildman–Crippen LogP) is 19.1. The van der Waals surface area contributed by atoms with Gasteiger partial charge in [-0.1, -0.05) is 87.7 Å². The molecule has 0 unspecified atom stereocenters. The third-order valence-corrected chi connectivity index (χ3v) is 17.8. The fraction of sp³-hybridized carbons (Fsp3) is 0.132. The average molecular weight is 1360 g/mol. The predicted molar refractivity (Wildman–Crippen MR) is 383 cm³/mol. The zero-order valence-corrected chi connectivity index (χ0v) is 55.9. The van der Waals surface area contributed by atoms with Gasteiger partial charge in [0.2, 0.25) is 0 Å². The number of H-pyrrole nitrogens is 1. The first-order chi connectivity index (χ1) is 46.3. The van der Waals surface area contributed by atoms with Crippen LogP contribution in [0.2, 0.25) is 10.0 Å². The lowest BCUT2D eigenvalue weighted by atomic mass is 10.0. The summed E-state index contributed by atoms with van der Waals surface area (Å²) in [5.41, 5.74) is 17.5. The second-order valence-corrected chi connectivity index (χ2v) is 24.2. The topological polar surface area (TPSA) is 133 Å². The minimum absolute atomic E-state index is 0.581. The van der Waals surface area contributed by atoms with Crippen LogP contribution in [0.1, 0.15) is 33.4 Å². The number of aryl methyl sites for hydroxylation is 2. The van der Waals surface area contributed by atoms with Crippen LogP contribution >= 0.6 is 39.1 Å². The fourth-order valence-corrected chi connectivity index (χ4v) is 12.4. The smallest absolute Gasteiger partial charge is 0.190 e. The van der Waals surface area contributed by atoms with Gasteiger partial charge in [-0.05, 0) is 155 Å². The van der Waals surface area contributed by atoms with E-state index in [1.807, 2.05) is 145 Å². The number of hydrogen-bond donors (Lipinski definition) is 1. The molecule has 0 radical (unpaired) electrons. The summed E-state index contributed by atoms with van der Waals surface area (Å²) >= 11 is 17.9. The van der Waals surface area contributed by atoms with Crippen molar-refractivity contribution < 1.29 is 18.9 Å². The maximum atomic E-state index is 7.82. The lowest BCUT2D eigenvalue weighted by molar-refractivity contribution is 0.414. The highest BCUT2D eigenvalue weighted by molar-refractivity contribution is 9.10. The van der Waals surface area contributed by atoms with Crippen LogP contribution in [0.25, 0.3) is 70.5 Å². The summed E-state index contributed by atoms with van der Waals surface area (Å²) in [6.45, 7) is 21.7.